The molecule has 1 aromatic rings. The lowest BCUT2D eigenvalue weighted by Gasteiger charge is -2.07. The molecule has 0 radical (unpaired) electrons. The fraction of sp³-hybridized carbons (Fsp3) is 0.286. The van der Waals surface area contributed by atoms with Gasteiger partial charge in [0.05, 0.1) is 5.56 Å². The summed E-state index contributed by atoms with van der Waals surface area (Å²) in [6.45, 7) is 1.53. The fourth-order valence-corrected chi connectivity index (χ4v) is 0.962. The molecule has 0 N–H and O–H groups in total. The molecule has 1 nitrogen and oxygen atoms in total. The van der Waals surface area contributed by atoms with Gasteiger partial charge < -0.3 is 0 Å². The Hall–Kier alpha value is -0.770. The normalized spacial score (nSPS) is 11.8. The van der Waals surface area contributed by atoms with Crippen LogP contribution in [0.15, 0.2) is 12.3 Å². The molecule has 1 heterocycles. The van der Waals surface area contributed by atoms with E-state index in [0.717, 1.165) is 6.07 Å². The minimum absolute atomic E-state index is 0.437. The third-order valence-corrected chi connectivity index (χ3v) is 1.58. The number of halogens is 4. The molecule has 0 saturated carbocycles. The SMILES string of the molecule is Cc1cnc(Cl)c(C(F)(F)F)c1. The van der Waals surface area contributed by atoms with Crippen LogP contribution in [-0.2, 0) is 6.18 Å². The molecular formula is C7H5ClF3N. The molecule has 1 rings (SSSR count). The summed E-state index contributed by atoms with van der Waals surface area (Å²) in [6.07, 6.45) is -3.13. The molecule has 0 saturated heterocycles. The lowest BCUT2D eigenvalue weighted by molar-refractivity contribution is -0.137. The third-order valence-electron chi connectivity index (χ3n) is 1.28. The van der Waals surface area contributed by atoms with Gasteiger partial charge in [0, 0.05) is 6.20 Å². The minimum atomic E-state index is -4.42. The molecule has 0 aliphatic heterocycles. The summed E-state index contributed by atoms with van der Waals surface area (Å²) in [6, 6.07) is 0.968. The fourth-order valence-electron chi connectivity index (χ4n) is 0.751. The molecule has 0 aliphatic rings. The first-order valence-electron chi connectivity index (χ1n) is 3.10. The van der Waals surface area contributed by atoms with Gasteiger partial charge in [0.25, 0.3) is 0 Å². The van der Waals surface area contributed by atoms with Gasteiger partial charge in [-0.2, -0.15) is 13.2 Å². The molecule has 12 heavy (non-hydrogen) atoms. The largest absolute Gasteiger partial charge is 0.419 e. The summed E-state index contributed by atoms with van der Waals surface area (Å²) in [5.41, 5.74) is -0.448. The van der Waals surface area contributed by atoms with Crippen LogP contribution in [0.25, 0.3) is 0 Å². The van der Waals surface area contributed by atoms with Crippen molar-refractivity contribution in [3.63, 3.8) is 0 Å². The molecule has 1 aromatic heterocycles. The summed E-state index contributed by atoms with van der Waals surface area (Å²) >= 11 is 5.25. The Morgan fingerprint density at radius 3 is 2.42 bits per heavy atom. The number of rotatable bonds is 0. The monoisotopic (exact) mass is 195 g/mol. The van der Waals surface area contributed by atoms with Crippen molar-refractivity contribution in [1.29, 1.82) is 0 Å². The Morgan fingerprint density at radius 2 is 2.00 bits per heavy atom. The van der Waals surface area contributed by atoms with Gasteiger partial charge >= 0.3 is 6.18 Å². The second-order valence-corrected chi connectivity index (χ2v) is 2.71. The van der Waals surface area contributed by atoms with Gasteiger partial charge in [0.2, 0.25) is 0 Å². The van der Waals surface area contributed by atoms with Gasteiger partial charge in [-0.1, -0.05) is 11.6 Å². The Bertz CT molecular complexity index is 295. The van der Waals surface area contributed by atoms with E-state index in [0.29, 0.717) is 5.56 Å². The van der Waals surface area contributed by atoms with Gasteiger partial charge in [-0.15, -0.1) is 0 Å². The summed E-state index contributed by atoms with van der Waals surface area (Å²) < 4.78 is 36.3. The zero-order chi connectivity index (χ0) is 9.35. The van der Waals surface area contributed by atoms with Crippen molar-refractivity contribution in [2.24, 2.45) is 0 Å². The summed E-state index contributed by atoms with van der Waals surface area (Å²) in [7, 11) is 0. The van der Waals surface area contributed by atoms with Crippen molar-refractivity contribution in [2.75, 3.05) is 0 Å². The van der Waals surface area contributed by atoms with Crippen LogP contribution < -0.4 is 0 Å². The van der Waals surface area contributed by atoms with Crippen molar-refractivity contribution in [1.82, 2.24) is 4.98 Å². The van der Waals surface area contributed by atoms with Crippen molar-refractivity contribution in [2.45, 2.75) is 13.1 Å². The van der Waals surface area contributed by atoms with Gasteiger partial charge in [-0.3, -0.25) is 0 Å². The molecule has 0 spiro atoms. The zero-order valence-electron chi connectivity index (χ0n) is 6.11. The third kappa shape index (κ3) is 1.88. The highest BCUT2D eigenvalue weighted by atomic mass is 35.5. The Labute approximate surface area is 72.2 Å². The quantitative estimate of drug-likeness (QED) is 0.580. The molecule has 0 bridgehead atoms. The standard InChI is InChI=1S/C7H5ClF3N/c1-4-2-5(7(9,10)11)6(8)12-3-4/h2-3H,1H3. The maximum Gasteiger partial charge on any atom is 0.419 e. The van der Waals surface area contributed by atoms with Gasteiger partial charge in [0.15, 0.2) is 0 Å². The number of hydrogen-bond donors (Lipinski definition) is 0. The van der Waals surface area contributed by atoms with E-state index in [9.17, 15) is 13.2 Å². The highest BCUT2D eigenvalue weighted by Crippen LogP contribution is 2.33. The van der Waals surface area contributed by atoms with E-state index in [2.05, 4.69) is 4.98 Å². The van der Waals surface area contributed by atoms with Crippen LogP contribution in [0.3, 0.4) is 0 Å². The Balaban J connectivity index is 3.23. The number of aromatic nitrogens is 1. The minimum Gasteiger partial charge on any atom is -0.244 e. The van der Waals surface area contributed by atoms with Crippen LogP contribution in [0.2, 0.25) is 5.15 Å². The lowest BCUT2D eigenvalue weighted by Crippen LogP contribution is -2.07. The average molecular weight is 196 g/mol. The maximum atomic E-state index is 12.1. The van der Waals surface area contributed by atoms with Crippen molar-refractivity contribution >= 4 is 11.6 Å². The topological polar surface area (TPSA) is 12.9 Å². The second-order valence-electron chi connectivity index (χ2n) is 2.35. The molecule has 0 atom stereocenters. The number of nitrogens with zero attached hydrogens (tertiary/aromatic N) is 1. The van der Waals surface area contributed by atoms with Crippen LogP contribution in [0.5, 0.6) is 0 Å². The highest BCUT2D eigenvalue weighted by molar-refractivity contribution is 6.30. The second kappa shape index (κ2) is 2.94. The lowest BCUT2D eigenvalue weighted by atomic mass is 10.2. The van der Waals surface area contributed by atoms with E-state index in [4.69, 9.17) is 11.6 Å². The maximum absolute atomic E-state index is 12.1. The number of hydrogen-bond acceptors (Lipinski definition) is 1. The highest BCUT2D eigenvalue weighted by Gasteiger charge is 2.33. The van der Waals surface area contributed by atoms with E-state index < -0.39 is 16.9 Å². The Morgan fingerprint density at radius 1 is 1.42 bits per heavy atom. The van der Waals surface area contributed by atoms with E-state index >= 15 is 0 Å². The van der Waals surface area contributed by atoms with Crippen LogP contribution in [0.1, 0.15) is 11.1 Å². The first-order valence-corrected chi connectivity index (χ1v) is 3.48. The molecule has 0 unspecified atom stereocenters. The molecule has 0 fully saturated rings. The number of aryl methyl sites for hydroxylation is 1. The van der Waals surface area contributed by atoms with Crippen molar-refractivity contribution in [3.05, 3.63) is 28.5 Å². The van der Waals surface area contributed by atoms with Crippen molar-refractivity contribution < 1.29 is 13.2 Å². The zero-order valence-corrected chi connectivity index (χ0v) is 6.87. The van der Waals surface area contributed by atoms with Crippen LogP contribution >= 0.6 is 11.6 Å². The molecule has 66 valence electrons. The van der Waals surface area contributed by atoms with Crippen LogP contribution in [0.4, 0.5) is 13.2 Å². The smallest absolute Gasteiger partial charge is 0.244 e. The number of pyridine rings is 1. The predicted molar refractivity (Wildman–Crippen MR) is 39.0 cm³/mol. The molecule has 0 aromatic carbocycles. The Kier molecular flexibility index (Phi) is 2.28. The van der Waals surface area contributed by atoms with E-state index in [-0.39, 0.29) is 0 Å². The van der Waals surface area contributed by atoms with Gasteiger partial charge in [-0.05, 0) is 18.6 Å². The van der Waals surface area contributed by atoms with Gasteiger partial charge in [-0.25, -0.2) is 4.98 Å². The van der Waals surface area contributed by atoms with Crippen molar-refractivity contribution in [3.8, 4) is 0 Å². The predicted octanol–water partition coefficient (Wildman–Crippen LogP) is 3.06. The first kappa shape index (κ1) is 9.32. The van der Waals surface area contributed by atoms with Gasteiger partial charge in [0.1, 0.15) is 5.15 Å². The molecule has 0 amide bonds. The average Bonchev–Trinajstić information content (AvgIpc) is 1.92. The summed E-state index contributed by atoms with van der Waals surface area (Å²) in [5.74, 6) is 0. The number of alkyl halides is 3. The van der Waals surface area contributed by atoms with E-state index in [1.54, 1.807) is 0 Å². The molecular weight excluding hydrogens is 191 g/mol. The van der Waals surface area contributed by atoms with Crippen LogP contribution in [0, 0.1) is 6.92 Å². The first-order chi connectivity index (χ1) is 5.41. The summed E-state index contributed by atoms with van der Waals surface area (Å²) in [4.78, 5) is 3.39. The van der Waals surface area contributed by atoms with Crippen LogP contribution in [-0.4, -0.2) is 4.98 Å². The molecule has 0 aliphatic carbocycles. The molecule has 5 heteroatoms. The van der Waals surface area contributed by atoms with E-state index in [1.807, 2.05) is 0 Å². The van der Waals surface area contributed by atoms with E-state index in [1.165, 1.54) is 13.1 Å². The summed E-state index contributed by atoms with van der Waals surface area (Å²) in [5, 5.41) is -0.506.